The van der Waals surface area contributed by atoms with E-state index in [0.717, 1.165) is 30.0 Å². The minimum absolute atomic E-state index is 0.0107. The van der Waals surface area contributed by atoms with Crippen LogP contribution in [0.4, 0.5) is 5.69 Å². The first kappa shape index (κ1) is 17.7. The summed E-state index contributed by atoms with van der Waals surface area (Å²) in [7, 11) is 1.64. The van der Waals surface area contributed by atoms with Gasteiger partial charge in [0.2, 0.25) is 5.91 Å². The molecule has 3 rings (SSSR count). The molecule has 0 radical (unpaired) electrons. The van der Waals surface area contributed by atoms with Crippen molar-refractivity contribution in [3.63, 3.8) is 0 Å². The summed E-state index contributed by atoms with van der Waals surface area (Å²) in [5, 5.41) is 7.22. The fourth-order valence-electron chi connectivity index (χ4n) is 2.71. The van der Waals surface area contributed by atoms with Crippen molar-refractivity contribution in [2.45, 2.75) is 25.8 Å². The first-order chi connectivity index (χ1) is 12.7. The van der Waals surface area contributed by atoms with Crippen molar-refractivity contribution in [1.82, 2.24) is 9.78 Å². The Labute approximate surface area is 153 Å². The van der Waals surface area contributed by atoms with E-state index < -0.39 is 0 Å². The summed E-state index contributed by atoms with van der Waals surface area (Å²) in [5.74, 6) is 0.810. The highest BCUT2D eigenvalue weighted by Crippen LogP contribution is 2.13. The number of amides is 1. The van der Waals surface area contributed by atoms with Gasteiger partial charge in [-0.3, -0.25) is 9.48 Å². The lowest BCUT2D eigenvalue weighted by Gasteiger charge is -2.04. The van der Waals surface area contributed by atoms with Crippen LogP contribution in [0.2, 0.25) is 0 Å². The maximum Gasteiger partial charge on any atom is 0.224 e. The van der Waals surface area contributed by atoms with Gasteiger partial charge in [0, 0.05) is 19.2 Å². The van der Waals surface area contributed by atoms with Crippen LogP contribution in [0, 0.1) is 0 Å². The quantitative estimate of drug-likeness (QED) is 0.674. The van der Waals surface area contributed by atoms with E-state index in [1.807, 2.05) is 53.3 Å². The highest BCUT2D eigenvalue weighted by Gasteiger charge is 2.06. The van der Waals surface area contributed by atoms with Crippen LogP contribution in [-0.2, 0) is 24.2 Å². The summed E-state index contributed by atoms with van der Waals surface area (Å²) in [5.41, 5.74) is 3.12. The molecule has 2 aromatic carbocycles. The summed E-state index contributed by atoms with van der Waals surface area (Å²) >= 11 is 0. The molecule has 0 atom stereocenters. The zero-order valence-electron chi connectivity index (χ0n) is 14.9. The first-order valence-electron chi connectivity index (χ1n) is 8.72. The molecule has 134 valence electrons. The molecule has 3 aromatic rings. The lowest BCUT2D eigenvalue weighted by Crippen LogP contribution is -2.12. The van der Waals surface area contributed by atoms with Gasteiger partial charge in [-0.25, -0.2) is 0 Å². The average Bonchev–Trinajstić information content (AvgIpc) is 3.13. The largest absolute Gasteiger partial charge is 0.497 e. The molecule has 0 spiro atoms. The Balaban J connectivity index is 1.44. The predicted octanol–water partition coefficient (Wildman–Crippen LogP) is 3.71. The molecule has 1 aromatic heterocycles. The number of hydrogen-bond acceptors (Lipinski definition) is 3. The molecule has 0 aliphatic rings. The van der Waals surface area contributed by atoms with Gasteiger partial charge in [-0.1, -0.05) is 42.5 Å². The van der Waals surface area contributed by atoms with Crippen LogP contribution in [0.15, 0.2) is 67.0 Å². The minimum Gasteiger partial charge on any atom is -0.497 e. The van der Waals surface area contributed by atoms with E-state index in [0.29, 0.717) is 12.8 Å². The number of anilines is 1. The van der Waals surface area contributed by atoms with Crippen LogP contribution in [-0.4, -0.2) is 22.8 Å². The Morgan fingerprint density at radius 3 is 2.50 bits per heavy atom. The maximum atomic E-state index is 12.1. The van der Waals surface area contributed by atoms with Gasteiger partial charge in [-0.05, 0) is 36.1 Å². The third-order valence-electron chi connectivity index (χ3n) is 4.19. The van der Waals surface area contributed by atoms with Crippen LogP contribution in [0.25, 0.3) is 0 Å². The second-order valence-electron chi connectivity index (χ2n) is 6.12. The first-order valence-corrected chi connectivity index (χ1v) is 8.72. The molecule has 26 heavy (non-hydrogen) atoms. The summed E-state index contributed by atoms with van der Waals surface area (Å²) in [6.45, 7) is 0.783. The summed E-state index contributed by atoms with van der Waals surface area (Å²) in [6, 6.07) is 18.1. The molecule has 0 aliphatic carbocycles. The van der Waals surface area contributed by atoms with Gasteiger partial charge in [-0.15, -0.1) is 0 Å². The average molecular weight is 349 g/mol. The molecule has 5 heteroatoms. The van der Waals surface area contributed by atoms with E-state index in [1.54, 1.807) is 13.3 Å². The third-order valence-corrected chi connectivity index (χ3v) is 4.19. The molecular formula is C21H23N3O2. The summed E-state index contributed by atoms with van der Waals surface area (Å²) in [6.07, 6.45) is 5.59. The number of ether oxygens (including phenoxy) is 1. The van der Waals surface area contributed by atoms with E-state index in [9.17, 15) is 4.79 Å². The Morgan fingerprint density at radius 1 is 1.04 bits per heavy atom. The molecule has 0 bridgehead atoms. The number of benzene rings is 2. The van der Waals surface area contributed by atoms with Crippen LogP contribution in [0.3, 0.4) is 0 Å². The van der Waals surface area contributed by atoms with Crippen LogP contribution >= 0.6 is 0 Å². The van der Waals surface area contributed by atoms with Crippen molar-refractivity contribution < 1.29 is 9.53 Å². The predicted molar refractivity (Wildman–Crippen MR) is 102 cm³/mol. The highest BCUT2D eigenvalue weighted by atomic mass is 16.5. The summed E-state index contributed by atoms with van der Waals surface area (Å²) in [4.78, 5) is 12.1. The molecule has 0 saturated heterocycles. The number of nitrogens with zero attached hydrogens (tertiary/aromatic N) is 2. The SMILES string of the molecule is COc1ccc(CCC(=O)Nc2cnn(CCc3ccccc3)c2)cc1. The van der Waals surface area contributed by atoms with Gasteiger partial charge >= 0.3 is 0 Å². The fraction of sp³-hybridized carbons (Fsp3) is 0.238. The van der Waals surface area contributed by atoms with Crippen molar-refractivity contribution in [3.8, 4) is 5.75 Å². The maximum absolute atomic E-state index is 12.1. The second kappa shape index (κ2) is 8.85. The van der Waals surface area contributed by atoms with E-state index >= 15 is 0 Å². The molecule has 0 aliphatic heterocycles. The van der Waals surface area contributed by atoms with Crippen molar-refractivity contribution in [1.29, 1.82) is 0 Å². The van der Waals surface area contributed by atoms with Crippen molar-refractivity contribution >= 4 is 11.6 Å². The van der Waals surface area contributed by atoms with Crippen LogP contribution in [0.1, 0.15) is 17.5 Å². The van der Waals surface area contributed by atoms with E-state index in [2.05, 4.69) is 22.5 Å². The zero-order chi connectivity index (χ0) is 18.2. The number of hydrogen-bond donors (Lipinski definition) is 1. The van der Waals surface area contributed by atoms with Crippen LogP contribution < -0.4 is 10.1 Å². The van der Waals surface area contributed by atoms with Gasteiger partial charge < -0.3 is 10.1 Å². The topological polar surface area (TPSA) is 56.1 Å². The number of methoxy groups -OCH3 is 1. The number of carbonyl (C=O) groups excluding carboxylic acids is 1. The Hall–Kier alpha value is -3.08. The molecule has 1 heterocycles. The Bertz CT molecular complexity index is 826. The number of carbonyl (C=O) groups is 1. The summed E-state index contributed by atoms with van der Waals surface area (Å²) < 4.78 is 6.99. The monoisotopic (exact) mass is 349 g/mol. The standard InChI is InChI=1S/C21H23N3O2/c1-26-20-10-7-18(8-11-20)9-12-21(25)23-19-15-22-24(16-19)14-13-17-5-3-2-4-6-17/h2-8,10-11,15-16H,9,12-14H2,1H3,(H,23,25). The Morgan fingerprint density at radius 2 is 1.77 bits per heavy atom. The minimum atomic E-state index is -0.0107. The Kier molecular flexibility index (Phi) is 6.04. The number of aryl methyl sites for hydroxylation is 3. The van der Waals surface area contributed by atoms with Crippen LogP contribution in [0.5, 0.6) is 5.75 Å². The smallest absolute Gasteiger partial charge is 0.224 e. The molecule has 0 fully saturated rings. The van der Waals surface area contributed by atoms with Crippen molar-refractivity contribution in [3.05, 3.63) is 78.1 Å². The molecule has 1 amide bonds. The van der Waals surface area contributed by atoms with E-state index in [1.165, 1.54) is 5.56 Å². The molecule has 1 N–H and O–H groups in total. The number of rotatable bonds is 8. The third kappa shape index (κ3) is 5.21. The van der Waals surface area contributed by atoms with Crippen molar-refractivity contribution in [2.24, 2.45) is 0 Å². The second-order valence-corrected chi connectivity index (χ2v) is 6.12. The number of aromatic nitrogens is 2. The normalized spacial score (nSPS) is 10.5. The van der Waals surface area contributed by atoms with E-state index in [-0.39, 0.29) is 5.91 Å². The molecule has 0 unspecified atom stereocenters. The lowest BCUT2D eigenvalue weighted by molar-refractivity contribution is -0.116. The highest BCUT2D eigenvalue weighted by molar-refractivity contribution is 5.90. The molecular weight excluding hydrogens is 326 g/mol. The number of nitrogens with one attached hydrogen (secondary N) is 1. The molecule has 5 nitrogen and oxygen atoms in total. The van der Waals surface area contributed by atoms with Gasteiger partial charge in [0.15, 0.2) is 0 Å². The van der Waals surface area contributed by atoms with Gasteiger partial charge in [-0.2, -0.15) is 5.10 Å². The van der Waals surface area contributed by atoms with Crippen molar-refractivity contribution in [2.75, 3.05) is 12.4 Å². The van der Waals surface area contributed by atoms with Gasteiger partial charge in [0.1, 0.15) is 5.75 Å². The lowest BCUT2D eigenvalue weighted by atomic mass is 10.1. The van der Waals surface area contributed by atoms with E-state index in [4.69, 9.17) is 4.74 Å². The molecule has 0 saturated carbocycles. The zero-order valence-corrected chi connectivity index (χ0v) is 14.9. The van der Waals surface area contributed by atoms with Gasteiger partial charge in [0.05, 0.1) is 19.0 Å². The fourth-order valence-corrected chi connectivity index (χ4v) is 2.71. The van der Waals surface area contributed by atoms with Gasteiger partial charge in [0.25, 0.3) is 0 Å².